The van der Waals surface area contributed by atoms with E-state index in [1.54, 1.807) is 0 Å². The Labute approximate surface area is 123 Å². The van der Waals surface area contributed by atoms with Crippen molar-refractivity contribution in [3.63, 3.8) is 0 Å². The smallest absolute Gasteiger partial charge is 0.0751 e. The number of aliphatic hydroxyl groups excluding tert-OH is 1. The van der Waals surface area contributed by atoms with E-state index in [-0.39, 0.29) is 11.6 Å². The summed E-state index contributed by atoms with van der Waals surface area (Å²) in [7, 11) is 0. The van der Waals surface area contributed by atoms with Gasteiger partial charge in [-0.1, -0.05) is 32.6 Å². The minimum atomic E-state index is -0.115. The van der Waals surface area contributed by atoms with Crippen LogP contribution in [0, 0.1) is 11.8 Å². The lowest BCUT2D eigenvalue weighted by Gasteiger charge is -2.49. The SMILES string of the molecule is CC1CCC(C(O)C2(N3CCOCC3)CCCC2)CC1. The lowest BCUT2D eigenvalue weighted by Crippen LogP contribution is -2.60. The molecule has 1 atom stereocenters. The molecule has 3 heteroatoms. The molecule has 0 spiro atoms. The van der Waals surface area contributed by atoms with Crippen LogP contribution in [-0.4, -0.2) is 48.0 Å². The van der Waals surface area contributed by atoms with Crippen LogP contribution in [0.3, 0.4) is 0 Å². The molecule has 3 rings (SSSR count). The molecule has 1 saturated heterocycles. The summed E-state index contributed by atoms with van der Waals surface area (Å²) in [5.41, 5.74) is 0.0784. The summed E-state index contributed by atoms with van der Waals surface area (Å²) < 4.78 is 5.52. The minimum absolute atomic E-state index is 0.0784. The van der Waals surface area contributed by atoms with E-state index in [0.717, 1.165) is 32.2 Å². The predicted molar refractivity (Wildman–Crippen MR) is 80.7 cm³/mol. The Balaban J connectivity index is 1.72. The molecular formula is C17H31NO2. The molecule has 1 heterocycles. The van der Waals surface area contributed by atoms with Crippen molar-refractivity contribution in [1.82, 2.24) is 4.90 Å². The monoisotopic (exact) mass is 281 g/mol. The van der Waals surface area contributed by atoms with E-state index in [9.17, 15) is 5.11 Å². The molecule has 0 aromatic rings. The van der Waals surface area contributed by atoms with Crippen molar-refractivity contribution in [2.24, 2.45) is 11.8 Å². The molecule has 2 aliphatic carbocycles. The van der Waals surface area contributed by atoms with Gasteiger partial charge in [0, 0.05) is 18.6 Å². The highest BCUT2D eigenvalue weighted by atomic mass is 16.5. The van der Waals surface area contributed by atoms with Gasteiger partial charge in [-0.2, -0.15) is 0 Å². The third-order valence-corrected chi connectivity index (χ3v) is 6.17. The van der Waals surface area contributed by atoms with E-state index in [1.807, 2.05) is 0 Å². The molecule has 1 aliphatic heterocycles. The fourth-order valence-corrected chi connectivity index (χ4v) is 4.84. The Morgan fingerprint density at radius 1 is 1.05 bits per heavy atom. The zero-order valence-corrected chi connectivity index (χ0v) is 13.0. The van der Waals surface area contributed by atoms with Crippen LogP contribution in [0.4, 0.5) is 0 Å². The van der Waals surface area contributed by atoms with Gasteiger partial charge in [-0.05, 0) is 37.5 Å². The van der Waals surface area contributed by atoms with Crippen molar-refractivity contribution < 1.29 is 9.84 Å². The van der Waals surface area contributed by atoms with E-state index in [0.29, 0.717) is 5.92 Å². The molecule has 3 nitrogen and oxygen atoms in total. The van der Waals surface area contributed by atoms with Gasteiger partial charge >= 0.3 is 0 Å². The van der Waals surface area contributed by atoms with Crippen molar-refractivity contribution in [2.45, 2.75) is 69.9 Å². The summed E-state index contributed by atoms with van der Waals surface area (Å²) in [5.74, 6) is 1.40. The van der Waals surface area contributed by atoms with Crippen molar-refractivity contribution in [1.29, 1.82) is 0 Å². The first kappa shape index (κ1) is 14.8. The topological polar surface area (TPSA) is 32.7 Å². The molecule has 0 aromatic heterocycles. The Hall–Kier alpha value is -0.120. The number of ether oxygens (including phenoxy) is 1. The normalized spacial score (nSPS) is 36.9. The zero-order valence-electron chi connectivity index (χ0n) is 13.0. The quantitative estimate of drug-likeness (QED) is 0.863. The number of morpholine rings is 1. The lowest BCUT2D eigenvalue weighted by molar-refractivity contribution is -0.100. The van der Waals surface area contributed by atoms with Gasteiger partial charge in [0.05, 0.1) is 19.3 Å². The summed E-state index contributed by atoms with van der Waals surface area (Å²) in [4.78, 5) is 2.58. The van der Waals surface area contributed by atoms with Crippen molar-refractivity contribution in [3.05, 3.63) is 0 Å². The third kappa shape index (κ3) is 2.77. The molecule has 0 bridgehead atoms. The zero-order chi connectivity index (χ0) is 14.0. The maximum absolute atomic E-state index is 11.2. The van der Waals surface area contributed by atoms with Crippen LogP contribution in [-0.2, 0) is 4.74 Å². The van der Waals surface area contributed by atoms with Crippen LogP contribution in [0.1, 0.15) is 58.3 Å². The molecule has 1 N–H and O–H groups in total. The van der Waals surface area contributed by atoms with Gasteiger partial charge < -0.3 is 9.84 Å². The Morgan fingerprint density at radius 2 is 1.65 bits per heavy atom. The Bertz CT molecular complexity index is 300. The molecule has 3 aliphatic rings. The fraction of sp³-hybridized carbons (Fsp3) is 1.00. The van der Waals surface area contributed by atoms with Crippen LogP contribution < -0.4 is 0 Å². The van der Waals surface area contributed by atoms with Crippen molar-refractivity contribution in [2.75, 3.05) is 26.3 Å². The second-order valence-corrected chi connectivity index (χ2v) is 7.37. The first-order valence-electron chi connectivity index (χ1n) is 8.73. The first-order valence-corrected chi connectivity index (χ1v) is 8.73. The first-order chi connectivity index (χ1) is 9.72. The van der Waals surface area contributed by atoms with Gasteiger partial charge in [0.15, 0.2) is 0 Å². The maximum atomic E-state index is 11.2. The van der Waals surface area contributed by atoms with Crippen LogP contribution in [0.2, 0.25) is 0 Å². The van der Waals surface area contributed by atoms with Crippen LogP contribution in [0.25, 0.3) is 0 Å². The molecule has 0 amide bonds. The summed E-state index contributed by atoms with van der Waals surface area (Å²) in [6.07, 6.45) is 9.93. The summed E-state index contributed by atoms with van der Waals surface area (Å²) in [6.45, 7) is 6.07. The summed E-state index contributed by atoms with van der Waals surface area (Å²) in [5, 5.41) is 11.2. The number of nitrogens with zero attached hydrogens (tertiary/aromatic N) is 1. The van der Waals surface area contributed by atoms with Crippen molar-refractivity contribution in [3.8, 4) is 0 Å². The highest BCUT2D eigenvalue weighted by molar-refractivity contribution is 5.03. The van der Waals surface area contributed by atoms with E-state index >= 15 is 0 Å². The van der Waals surface area contributed by atoms with Crippen molar-refractivity contribution >= 4 is 0 Å². The molecule has 1 unspecified atom stereocenters. The number of aliphatic hydroxyl groups is 1. The largest absolute Gasteiger partial charge is 0.391 e. The Morgan fingerprint density at radius 3 is 2.25 bits per heavy atom. The Kier molecular flexibility index (Phi) is 4.68. The fourth-order valence-electron chi connectivity index (χ4n) is 4.84. The van der Waals surface area contributed by atoms with E-state index < -0.39 is 0 Å². The molecular weight excluding hydrogens is 250 g/mol. The molecule has 20 heavy (non-hydrogen) atoms. The van der Waals surface area contributed by atoms with E-state index in [1.165, 1.54) is 51.4 Å². The highest BCUT2D eigenvalue weighted by Crippen LogP contribution is 2.44. The summed E-state index contributed by atoms with van der Waals surface area (Å²) in [6, 6.07) is 0. The molecule has 116 valence electrons. The van der Waals surface area contributed by atoms with Crippen LogP contribution >= 0.6 is 0 Å². The van der Waals surface area contributed by atoms with Crippen LogP contribution in [0.15, 0.2) is 0 Å². The van der Waals surface area contributed by atoms with E-state index in [2.05, 4.69) is 11.8 Å². The average Bonchev–Trinajstić information content (AvgIpc) is 2.99. The van der Waals surface area contributed by atoms with Gasteiger partial charge in [0.1, 0.15) is 0 Å². The van der Waals surface area contributed by atoms with Crippen LogP contribution in [0.5, 0.6) is 0 Å². The summed E-state index contributed by atoms with van der Waals surface area (Å²) >= 11 is 0. The second kappa shape index (κ2) is 6.33. The maximum Gasteiger partial charge on any atom is 0.0751 e. The van der Waals surface area contributed by atoms with Gasteiger partial charge in [0.2, 0.25) is 0 Å². The molecule has 3 fully saturated rings. The van der Waals surface area contributed by atoms with Gasteiger partial charge in [-0.25, -0.2) is 0 Å². The number of hydrogen-bond donors (Lipinski definition) is 1. The molecule has 0 radical (unpaired) electrons. The predicted octanol–water partition coefficient (Wildman–Crippen LogP) is 2.82. The van der Waals surface area contributed by atoms with Gasteiger partial charge in [-0.3, -0.25) is 4.90 Å². The average molecular weight is 281 g/mol. The lowest BCUT2D eigenvalue weighted by atomic mass is 9.72. The van der Waals surface area contributed by atoms with E-state index in [4.69, 9.17) is 4.74 Å². The minimum Gasteiger partial charge on any atom is -0.391 e. The van der Waals surface area contributed by atoms with Gasteiger partial charge in [-0.15, -0.1) is 0 Å². The number of hydrogen-bond acceptors (Lipinski definition) is 3. The third-order valence-electron chi connectivity index (χ3n) is 6.17. The molecule has 2 saturated carbocycles. The van der Waals surface area contributed by atoms with Gasteiger partial charge in [0.25, 0.3) is 0 Å². The standard InChI is InChI=1S/C17H31NO2/c1-14-4-6-15(7-5-14)16(19)17(8-2-3-9-17)18-10-12-20-13-11-18/h14-16,19H,2-13H2,1H3. The molecule has 0 aromatic carbocycles. The highest BCUT2D eigenvalue weighted by Gasteiger charge is 2.48. The second-order valence-electron chi connectivity index (χ2n) is 7.37. The number of rotatable bonds is 3.